The molecule has 4 nitrogen and oxygen atoms in total. The number of hydrogen-bond acceptors (Lipinski definition) is 4. The third-order valence-corrected chi connectivity index (χ3v) is 5.81. The van der Waals surface area contributed by atoms with Gasteiger partial charge in [0.2, 0.25) is 0 Å². The number of carbonyl (C=O) groups is 1. The van der Waals surface area contributed by atoms with Crippen LogP contribution in [0.4, 0.5) is 17.6 Å². The number of fused-ring (bicyclic) bond motifs is 1. The largest absolute Gasteiger partial charge is 0.489 e. The van der Waals surface area contributed by atoms with Crippen LogP contribution >= 0.6 is 0 Å². The van der Waals surface area contributed by atoms with E-state index in [4.69, 9.17) is 9.47 Å². The number of carbonyl (C=O) groups excluding carboxylic acids is 1. The van der Waals surface area contributed by atoms with E-state index in [1.54, 1.807) is 6.92 Å². The van der Waals surface area contributed by atoms with Gasteiger partial charge in [-0.05, 0) is 79.8 Å². The molecule has 0 heterocycles. The second-order valence-electron chi connectivity index (χ2n) is 8.68. The van der Waals surface area contributed by atoms with E-state index in [-0.39, 0.29) is 18.8 Å². The van der Waals surface area contributed by atoms with Crippen molar-refractivity contribution in [2.24, 2.45) is 0 Å². The summed E-state index contributed by atoms with van der Waals surface area (Å²) in [5, 5.41) is 2.01. The van der Waals surface area contributed by atoms with Gasteiger partial charge < -0.3 is 14.2 Å². The molecule has 0 saturated heterocycles. The molecule has 3 aromatic rings. The van der Waals surface area contributed by atoms with Crippen LogP contribution < -0.4 is 4.74 Å². The van der Waals surface area contributed by atoms with E-state index in [1.807, 2.05) is 43.3 Å². The highest BCUT2D eigenvalue weighted by atomic mass is 19.4. The Morgan fingerprint density at radius 1 is 0.974 bits per heavy atom. The van der Waals surface area contributed by atoms with Crippen molar-refractivity contribution in [2.45, 2.75) is 58.4 Å². The smallest absolute Gasteiger partial charge is 0.425 e. The molecule has 0 spiro atoms. The SMILES string of the molecule is CC#Cc1ccc2cc(COc3ccc(C(=O)OC(CCCCCOCC)C(F)(F)F)c(F)c3)ccc2c1. The molecule has 3 aromatic carbocycles. The molecule has 0 radical (unpaired) electrons. The Kier molecular flexibility index (Phi) is 10.5. The van der Waals surface area contributed by atoms with Gasteiger partial charge in [0, 0.05) is 24.8 Å². The van der Waals surface area contributed by atoms with Crippen LogP contribution in [-0.4, -0.2) is 31.5 Å². The maximum absolute atomic E-state index is 14.6. The van der Waals surface area contributed by atoms with Crippen molar-refractivity contribution in [3.63, 3.8) is 0 Å². The molecule has 3 rings (SSSR count). The predicted molar refractivity (Wildman–Crippen MR) is 137 cm³/mol. The van der Waals surface area contributed by atoms with Crippen molar-refractivity contribution in [3.8, 4) is 17.6 Å². The maximum atomic E-state index is 14.6. The first-order valence-electron chi connectivity index (χ1n) is 12.4. The molecule has 0 saturated carbocycles. The number of unbranched alkanes of at least 4 members (excludes halogenated alkanes) is 2. The summed E-state index contributed by atoms with van der Waals surface area (Å²) in [6, 6.07) is 15.0. The van der Waals surface area contributed by atoms with E-state index in [1.165, 1.54) is 6.07 Å². The average Bonchev–Trinajstić information content (AvgIpc) is 2.88. The minimum atomic E-state index is -4.75. The maximum Gasteiger partial charge on any atom is 0.425 e. The van der Waals surface area contributed by atoms with Crippen LogP contribution in [0.25, 0.3) is 10.8 Å². The molecule has 0 N–H and O–H groups in total. The van der Waals surface area contributed by atoms with E-state index >= 15 is 0 Å². The Morgan fingerprint density at radius 3 is 2.45 bits per heavy atom. The minimum absolute atomic E-state index is 0.134. The number of rotatable bonds is 12. The van der Waals surface area contributed by atoms with Crippen LogP contribution in [0.15, 0.2) is 54.6 Å². The van der Waals surface area contributed by atoms with E-state index in [0.29, 0.717) is 26.1 Å². The lowest BCUT2D eigenvalue weighted by molar-refractivity contribution is -0.206. The van der Waals surface area contributed by atoms with Gasteiger partial charge in [-0.2, -0.15) is 13.2 Å². The Hall–Kier alpha value is -3.57. The van der Waals surface area contributed by atoms with Crippen LogP contribution in [-0.2, 0) is 16.1 Å². The van der Waals surface area contributed by atoms with Gasteiger partial charge in [-0.1, -0.05) is 30.5 Å². The fourth-order valence-electron chi connectivity index (χ4n) is 3.86. The minimum Gasteiger partial charge on any atom is -0.489 e. The Balaban J connectivity index is 1.59. The van der Waals surface area contributed by atoms with Gasteiger partial charge in [-0.15, -0.1) is 5.92 Å². The number of benzene rings is 3. The van der Waals surface area contributed by atoms with Crippen molar-refractivity contribution in [1.29, 1.82) is 0 Å². The van der Waals surface area contributed by atoms with Crippen molar-refractivity contribution in [1.82, 2.24) is 0 Å². The monoisotopic (exact) mass is 530 g/mol. The van der Waals surface area contributed by atoms with Gasteiger partial charge in [-0.25, -0.2) is 9.18 Å². The topological polar surface area (TPSA) is 44.8 Å². The summed E-state index contributed by atoms with van der Waals surface area (Å²) in [4.78, 5) is 12.3. The molecule has 38 heavy (non-hydrogen) atoms. The molecule has 0 aliphatic carbocycles. The lowest BCUT2D eigenvalue weighted by Gasteiger charge is -2.21. The zero-order valence-electron chi connectivity index (χ0n) is 21.4. The summed E-state index contributed by atoms with van der Waals surface area (Å²) in [5.41, 5.74) is 1.17. The number of esters is 1. The Labute approximate surface area is 219 Å². The average molecular weight is 531 g/mol. The van der Waals surface area contributed by atoms with Gasteiger partial charge in [0.25, 0.3) is 0 Å². The summed E-state index contributed by atoms with van der Waals surface area (Å²) >= 11 is 0. The van der Waals surface area contributed by atoms with Crippen molar-refractivity contribution in [2.75, 3.05) is 13.2 Å². The van der Waals surface area contributed by atoms with Crippen molar-refractivity contribution in [3.05, 3.63) is 77.1 Å². The number of halogens is 4. The zero-order valence-corrected chi connectivity index (χ0v) is 21.4. The normalized spacial score (nSPS) is 12.1. The first-order valence-corrected chi connectivity index (χ1v) is 12.4. The quantitative estimate of drug-likeness (QED) is 0.105. The fourth-order valence-corrected chi connectivity index (χ4v) is 3.86. The van der Waals surface area contributed by atoms with Crippen LogP contribution in [0.1, 0.15) is 61.0 Å². The van der Waals surface area contributed by atoms with Gasteiger partial charge >= 0.3 is 12.1 Å². The Bertz CT molecular complexity index is 1290. The molecule has 0 bridgehead atoms. The van der Waals surface area contributed by atoms with Crippen LogP contribution in [0.5, 0.6) is 5.75 Å². The summed E-state index contributed by atoms with van der Waals surface area (Å²) in [5.74, 6) is 3.62. The van der Waals surface area contributed by atoms with Gasteiger partial charge in [0.15, 0.2) is 6.10 Å². The predicted octanol–water partition coefficient (Wildman–Crippen LogP) is 7.61. The second-order valence-corrected chi connectivity index (χ2v) is 8.68. The van der Waals surface area contributed by atoms with Crippen molar-refractivity contribution < 1.29 is 36.6 Å². The van der Waals surface area contributed by atoms with Crippen LogP contribution in [0.2, 0.25) is 0 Å². The molecule has 0 aromatic heterocycles. The number of ether oxygens (including phenoxy) is 3. The van der Waals surface area contributed by atoms with E-state index in [2.05, 4.69) is 16.6 Å². The fraction of sp³-hybridized carbons (Fsp3) is 0.367. The van der Waals surface area contributed by atoms with Crippen molar-refractivity contribution >= 4 is 16.7 Å². The summed E-state index contributed by atoms with van der Waals surface area (Å²) < 4.78 is 70.2. The molecule has 1 atom stereocenters. The number of alkyl halides is 3. The highest BCUT2D eigenvalue weighted by Gasteiger charge is 2.42. The highest BCUT2D eigenvalue weighted by Crippen LogP contribution is 2.29. The van der Waals surface area contributed by atoms with E-state index in [9.17, 15) is 22.4 Å². The molecule has 0 fully saturated rings. The van der Waals surface area contributed by atoms with Gasteiger partial charge in [0.05, 0.1) is 5.56 Å². The third kappa shape index (κ3) is 8.49. The third-order valence-electron chi connectivity index (χ3n) is 5.81. The summed E-state index contributed by atoms with van der Waals surface area (Å²) in [6.07, 6.45) is -6.16. The van der Waals surface area contributed by atoms with Crippen LogP contribution in [0.3, 0.4) is 0 Å². The molecule has 0 aliphatic rings. The lowest BCUT2D eigenvalue weighted by atomic mass is 10.0. The number of hydrogen-bond donors (Lipinski definition) is 0. The molecule has 1 unspecified atom stereocenters. The van der Waals surface area contributed by atoms with E-state index < -0.39 is 36.1 Å². The van der Waals surface area contributed by atoms with E-state index in [0.717, 1.165) is 34.0 Å². The molecule has 202 valence electrons. The summed E-state index contributed by atoms with van der Waals surface area (Å²) in [7, 11) is 0. The zero-order chi connectivity index (χ0) is 27.5. The van der Waals surface area contributed by atoms with Gasteiger partial charge in [0.1, 0.15) is 18.2 Å². The standard InChI is InChI=1S/C30H30F4O4/c1-3-8-21-10-12-24-18-22(11-13-23(24)17-21)20-37-25-14-15-26(27(31)19-25)29(35)38-28(30(32,33)34)9-6-5-7-16-36-4-2/h10-15,17-19,28H,4-7,9,16,20H2,1-2H3. The lowest BCUT2D eigenvalue weighted by Crippen LogP contribution is -2.34. The van der Waals surface area contributed by atoms with Crippen LogP contribution in [0, 0.1) is 17.7 Å². The highest BCUT2D eigenvalue weighted by molar-refractivity contribution is 5.90. The molecule has 0 amide bonds. The summed E-state index contributed by atoms with van der Waals surface area (Å²) in [6.45, 7) is 4.74. The first kappa shape index (κ1) is 29.0. The Morgan fingerprint density at radius 2 is 1.74 bits per heavy atom. The molecule has 0 aliphatic heterocycles. The van der Waals surface area contributed by atoms with Gasteiger partial charge in [-0.3, -0.25) is 0 Å². The molecular formula is C30H30F4O4. The molecular weight excluding hydrogens is 500 g/mol. The second kappa shape index (κ2) is 13.8. The first-order chi connectivity index (χ1) is 18.2. The molecule has 8 heteroatoms.